The Hall–Kier alpha value is -2.29. The second-order valence-electron chi connectivity index (χ2n) is 5.13. The van der Waals surface area contributed by atoms with E-state index in [0.29, 0.717) is 6.61 Å². The maximum Gasteiger partial charge on any atom is 0.307 e. The van der Waals surface area contributed by atoms with E-state index >= 15 is 0 Å². The first-order valence-electron chi connectivity index (χ1n) is 6.73. The second kappa shape index (κ2) is 5.37. The molecule has 0 spiro atoms. The maximum absolute atomic E-state index is 10.9. The Morgan fingerprint density at radius 2 is 1.95 bits per heavy atom. The van der Waals surface area contributed by atoms with Crippen LogP contribution in [0.1, 0.15) is 23.5 Å². The first-order chi connectivity index (χ1) is 9.74. The van der Waals surface area contributed by atoms with Gasteiger partial charge in [-0.2, -0.15) is 0 Å². The molecule has 0 bridgehead atoms. The van der Waals surface area contributed by atoms with Crippen molar-refractivity contribution in [1.82, 2.24) is 0 Å². The van der Waals surface area contributed by atoms with Crippen LogP contribution in [-0.2, 0) is 11.4 Å². The number of rotatable bonds is 5. The van der Waals surface area contributed by atoms with Gasteiger partial charge in [0.25, 0.3) is 0 Å². The van der Waals surface area contributed by atoms with E-state index in [4.69, 9.17) is 9.84 Å². The zero-order valence-corrected chi connectivity index (χ0v) is 11.0. The molecular formula is C17H16O3. The monoisotopic (exact) mass is 268 g/mol. The summed E-state index contributed by atoms with van der Waals surface area (Å²) in [6.45, 7) is 0.525. The van der Waals surface area contributed by atoms with Crippen LogP contribution in [0.5, 0.6) is 5.75 Å². The fourth-order valence-electron chi connectivity index (χ4n) is 2.41. The fraction of sp³-hybridized carbons (Fsp3) is 0.235. The third-order valence-electron chi connectivity index (χ3n) is 3.64. The second-order valence-corrected chi connectivity index (χ2v) is 5.13. The van der Waals surface area contributed by atoms with Crippen LogP contribution in [-0.4, -0.2) is 11.1 Å². The van der Waals surface area contributed by atoms with Gasteiger partial charge < -0.3 is 9.84 Å². The highest BCUT2D eigenvalue weighted by atomic mass is 16.5. The van der Waals surface area contributed by atoms with Crippen LogP contribution in [0.15, 0.2) is 54.6 Å². The number of carboxylic acids is 1. The van der Waals surface area contributed by atoms with Crippen molar-refractivity contribution >= 4 is 5.97 Å². The van der Waals surface area contributed by atoms with Crippen molar-refractivity contribution in [3.8, 4) is 5.75 Å². The number of aliphatic carboxylic acids is 1. The summed E-state index contributed by atoms with van der Waals surface area (Å²) < 4.78 is 5.76. The lowest BCUT2D eigenvalue weighted by atomic mass is 10.1. The van der Waals surface area contributed by atoms with Crippen molar-refractivity contribution < 1.29 is 14.6 Å². The van der Waals surface area contributed by atoms with Gasteiger partial charge in [-0.05, 0) is 35.6 Å². The molecule has 0 saturated heterocycles. The third-order valence-corrected chi connectivity index (χ3v) is 3.64. The Kier molecular flexibility index (Phi) is 3.42. The molecule has 1 N–H and O–H groups in total. The molecule has 3 heteroatoms. The van der Waals surface area contributed by atoms with Gasteiger partial charge in [-0.15, -0.1) is 0 Å². The van der Waals surface area contributed by atoms with E-state index in [-0.39, 0.29) is 11.8 Å². The molecular weight excluding hydrogens is 252 g/mol. The molecule has 102 valence electrons. The van der Waals surface area contributed by atoms with Gasteiger partial charge in [0, 0.05) is 0 Å². The Bertz CT molecular complexity index is 607. The molecule has 2 aromatic rings. The summed E-state index contributed by atoms with van der Waals surface area (Å²) in [4.78, 5) is 10.9. The quantitative estimate of drug-likeness (QED) is 0.903. The van der Waals surface area contributed by atoms with Crippen LogP contribution < -0.4 is 4.74 Å². The molecule has 2 atom stereocenters. The summed E-state index contributed by atoms with van der Waals surface area (Å²) in [6.07, 6.45) is 0.734. The SMILES string of the molecule is O=C(O)C1CC1c1cccc(OCc2ccccc2)c1. The predicted molar refractivity (Wildman–Crippen MR) is 75.7 cm³/mol. The minimum Gasteiger partial charge on any atom is -0.489 e. The average Bonchev–Trinajstić information content (AvgIpc) is 3.27. The number of benzene rings is 2. The van der Waals surface area contributed by atoms with Gasteiger partial charge in [0.1, 0.15) is 12.4 Å². The molecule has 0 heterocycles. The molecule has 0 radical (unpaired) electrons. The highest BCUT2D eigenvalue weighted by Crippen LogP contribution is 2.48. The summed E-state index contributed by atoms with van der Waals surface area (Å²) in [5, 5.41) is 8.98. The minimum atomic E-state index is -0.703. The van der Waals surface area contributed by atoms with E-state index in [2.05, 4.69) is 0 Å². The molecule has 1 saturated carbocycles. The minimum absolute atomic E-state index is 0.146. The Balaban J connectivity index is 1.65. The lowest BCUT2D eigenvalue weighted by Crippen LogP contribution is -1.99. The zero-order chi connectivity index (χ0) is 13.9. The molecule has 3 nitrogen and oxygen atoms in total. The van der Waals surface area contributed by atoms with E-state index in [1.54, 1.807) is 0 Å². The number of carboxylic acid groups (broad SMARTS) is 1. The van der Waals surface area contributed by atoms with Crippen LogP contribution in [0.3, 0.4) is 0 Å². The third kappa shape index (κ3) is 2.82. The highest BCUT2D eigenvalue weighted by Gasteiger charge is 2.44. The summed E-state index contributed by atoms with van der Waals surface area (Å²) >= 11 is 0. The van der Waals surface area contributed by atoms with Crippen LogP contribution >= 0.6 is 0 Å². The van der Waals surface area contributed by atoms with Crippen LogP contribution in [0, 0.1) is 5.92 Å². The van der Waals surface area contributed by atoms with Gasteiger partial charge in [0.15, 0.2) is 0 Å². The van der Waals surface area contributed by atoms with Gasteiger partial charge in [0.2, 0.25) is 0 Å². The topological polar surface area (TPSA) is 46.5 Å². The summed E-state index contributed by atoms with van der Waals surface area (Å²) in [7, 11) is 0. The largest absolute Gasteiger partial charge is 0.489 e. The summed E-state index contributed by atoms with van der Waals surface area (Å²) in [5.74, 6) is 0.0140. The van der Waals surface area contributed by atoms with Crippen LogP contribution in [0.4, 0.5) is 0 Å². The van der Waals surface area contributed by atoms with Gasteiger partial charge in [0.05, 0.1) is 5.92 Å². The molecule has 1 fully saturated rings. The van der Waals surface area contributed by atoms with Crippen molar-refractivity contribution in [3.05, 3.63) is 65.7 Å². The number of carbonyl (C=O) groups is 1. The lowest BCUT2D eigenvalue weighted by Gasteiger charge is -2.08. The molecule has 0 amide bonds. The lowest BCUT2D eigenvalue weighted by molar-refractivity contribution is -0.138. The van der Waals surface area contributed by atoms with Gasteiger partial charge >= 0.3 is 5.97 Å². The maximum atomic E-state index is 10.9. The number of ether oxygens (including phenoxy) is 1. The van der Waals surface area contributed by atoms with E-state index < -0.39 is 5.97 Å². The molecule has 0 aromatic heterocycles. The molecule has 2 aromatic carbocycles. The zero-order valence-electron chi connectivity index (χ0n) is 11.0. The standard InChI is InChI=1S/C17H16O3/c18-17(19)16-10-15(16)13-7-4-8-14(9-13)20-11-12-5-2-1-3-6-12/h1-9,15-16H,10-11H2,(H,18,19). The molecule has 20 heavy (non-hydrogen) atoms. The normalized spacial score (nSPS) is 20.4. The number of hydrogen-bond acceptors (Lipinski definition) is 2. The van der Waals surface area contributed by atoms with Gasteiger partial charge in [-0.25, -0.2) is 0 Å². The molecule has 1 aliphatic rings. The molecule has 1 aliphatic carbocycles. The summed E-state index contributed by atoms with van der Waals surface area (Å²) in [5.41, 5.74) is 2.18. The number of hydrogen-bond donors (Lipinski definition) is 1. The fourth-order valence-corrected chi connectivity index (χ4v) is 2.41. The Morgan fingerprint density at radius 3 is 2.65 bits per heavy atom. The highest BCUT2D eigenvalue weighted by molar-refractivity contribution is 5.75. The van der Waals surface area contributed by atoms with Crippen LogP contribution in [0.2, 0.25) is 0 Å². The average molecular weight is 268 g/mol. The first kappa shape index (κ1) is 12.7. The molecule has 0 aliphatic heterocycles. The molecule has 3 rings (SSSR count). The molecule has 2 unspecified atom stereocenters. The van der Waals surface area contributed by atoms with Crippen LogP contribution in [0.25, 0.3) is 0 Å². The van der Waals surface area contributed by atoms with Crippen molar-refractivity contribution in [2.24, 2.45) is 5.92 Å². The van der Waals surface area contributed by atoms with E-state index in [9.17, 15) is 4.79 Å². The summed E-state index contributed by atoms with van der Waals surface area (Å²) in [6, 6.07) is 17.7. The van der Waals surface area contributed by atoms with E-state index in [1.807, 2.05) is 54.6 Å². The van der Waals surface area contributed by atoms with E-state index in [0.717, 1.165) is 23.3 Å². The van der Waals surface area contributed by atoms with Crippen molar-refractivity contribution in [1.29, 1.82) is 0 Å². The Labute approximate surface area is 117 Å². The first-order valence-corrected chi connectivity index (χ1v) is 6.73. The van der Waals surface area contributed by atoms with Gasteiger partial charge in [-0.1, -0.05) is 42.5 Å². The van der Waals surface area contributed by atoms with E-state index in [1.165, 1.54) is 0 Å². The smallest absolute Gasteiger partial charge is 0.307 e. The van der Waals surface area contributed by atoms with Crippen molar-refractivity contribution in [2.75, 3.05) is 0 Å². The predicted octanol–water partition coefficient (Wildman–Crippen LogP) is 3.45. The van der Waals surface area contributed by atoms with Crippen molar-refractivity contribution in [2.45, 2.75) is 18.9 Å². The van der Waals surface area contributed by atoms with Crippen molar-refractivity contribution in [3.63, 3.8) is 0 Å². The Morgan fingerprint density at radius 1 is 1.15 bits per heavy atom. The van der Waals surface area contributed by atoms with Gasteiger partial charge in [-0.3, -0.25) is 4.79 Å².